The van der Waals surface area contributed by atoms with Gasteiger partial charge in [0.15, 0.2) is 0 Å². The van der Waals surface area contributed by atoms with E-state index in [-0.39, 0.29) is 29.5 Å². The third-order valence-corrected chi connectivity index (χ3v) is 7.87. The second-order valence-electron chi connectivity index (χ2n) is 8.09. The van der Waals surface area contributed by atoms with Crippen molar-refractivity contribution >= 4 is 15.9 Å². The molecule has 2 N–H and O–H groups in total. The van der Waals surface area contributed by atoms with E-state index in [1.54, 1.807) is 0 Å². The van der Waals surface area contributed by atoms with Crippen LogP contribution < -0.4 is 11.2 Å². The molecule has 1 amide bonds. The SMILES string of the molecule is CN1CCN(S(=O)(=O)c2ccc(C(=O)N3C[C@H](O)[C@@H](n4ccc(=O)[nH]c4=O)C3)cc2)CC1. The Hall–Kier alpha value is -2.80. The molecule has 2 saturated heterocycles. The van der Waals surface area contributed by atoms with E-state index >= 15 is 0 Å². The predicted octanol–water partition coefficient (Wildman–Crippen LogP) is -1.47. The molecule has 2 aromatic rings. The van der Waals surface area contributed by atoms with Gasteiger partial charge >= 0.3 is 5.69 Å². The van der Waals surface area contributed by atoms with Gasteiger partial charge in [-0.2, -0.15) is 4.31 Å². The Bertz CT molecular complexity index is 1210. The summed E-state index contributed by atoms with van der Waals surface area (Å²) in [6.45, 7) is 2.23. The van der Waals surface area contributed by atoms with Gasteiger partial charge in [0, 0.05) is 57.1 Å². The number of benzene rings is 1. The highest BCUT2D eigenvalue weighted by atomic mass is 32.2. The summed E-state index contributed by atoms with van der Waals surface area (Å²) in [5.74, 6) is -0.382. The molecule has 0 unspecified atom stereocenters. The minimum absolute atomic E-state index is 0.0103. The fraction of sp³-hybridized carbons (Fsp3) is 0.450. The zero-order chi connectivity index (χ0) is 23.0. The van der Waals surface area contributed by atoms with Crippen molar-refractivity contribution in [3.05, 3.63) is 62.9 Å². The number of carbonyl (C=O) groups is 1. The molecule has 2 atom stereocenters. The van der Waals surface area contributed by atoms with E-state index in [1.807, 2.05) is 7.05 Å². The molecule has 2 fully saturated rings. The van der Waals surface area contributed by atoms with Crippen LogP contribution in [-0.2, 0) is 10.0 Å². The van der Waals surface area contributed by atoms with Crippen LogP contribution in [0.25, 0.3) is 0 Å². The van der Waals surface area contributed by atoms with Crippen LogP contribution in [0.15, 0.2) is 51.0 Å². The number of likely N-dealkylation sites (N-methyl/N-ethyl adjacent to an activating group) is 1. The fourth-order valence-electron chi connectivity index (χ4n) is 4.03. The highest BCUT2D eigenvalue weighted by molar-refractivity contribution is 7.89. The number of aromatic nitrogens is 2. The lowest BCUT2D eigenvalue weighted by Gasteiger charge is -2.31. The normalized spacial score (nSPS) is 22.9. The number of sulfonamides is 1. The van der Waals surface area contributed by atoms with Gasteiger partial charge < -0.3 is 14.9 Å². The molecule has 0 aliphatic carbocycles. The number of hydrogen-bond donors (Lipinski definition) is 2. The molecule has 12 heteroatoms. The number of β-amino-alcohol motifs (C(OH)–C–C–N with tert-alkyl or cyclic N) is 1. The molecule has 2 aliphatic rings. The summed E-state index contributed by atoms with van der Waals surface area (Å²) in [6.07, 6.45) is 0.306. The summed E-state index contributed by atoms with van der Waals surface area (Å²) < 4.78 is 28.3. The number of amides is 1. The fourth-order valence-corrected chi connectivity index (χ4v) is 5.45. The molecule has 0 saturated carbocycles. The summed E-state index contributed by atoms with van der Waals surface area (Å²) in [7, 11) is -1.69. The van der Waals surface area contributed by atoms with Crippen LogP contribution in [0.4, 0.5) is 0 Å². The molecule has 172 valence electrons. The van der Waals surface area contributed by atoms with E-state index in [1.165, 1.54) is 50.3 Å². The highest BCUT2D eigenvalue weighted by Crippen LogP contribution is 2.24. The summed E-state index contributed by atoms with van der Waals surface area (Å²) >= 11 is 0. The molecule has 0 radical (unpaired) electrons. The van der Waals surface area contributed by atoms with Crippen molar-refractivity contribution in [1.82, 2.24) is 23.7 Å². The minimum atomic E-state index is -3.63. The van der Waals surface area contributed by atoms with E-state index in [0.717, 1.165) is 0 Å². The molecule has 4 rings (SSSR count). The Labute approximate surface area is 184 Å². The van der Waals surface area contributed by atoms with Gasteiger partial charge in [0.2, 0.25) is 10.0 Å². The first kappa shape index (κ1) is 22.4. The number of aliphatic hydroxyl groups is 1. The van der Waals surface area contributed by atoms with Gasteiger partial charge in [-0.25, -0.2) is 13.2 Å². The van der Waals surface area contributed by atoms with Crippen LogP contribution in [0.2, 0.25) is 0 Å². The number of carbonyl (C=O) groups excluding carboxylic acids is 1. The topological polar surface area (TPSA) is 136 Å². The van der Waals surface area contributed by atoms with Crippen LogP contribution in [0, 0.1) is 0 Å². The quantitative estimate of drug-likeness (QED) is 0.565. The number of aromatic amines is 1. The number of aliphatic hydroxyl groups excluding tert-OH is 1. The van der Waals surface area contributed by atoms with Gasteiger partial charge in [-0.3, -0.25) is 19.1 Å². The Morgan fingerprint density at radius 2 is 1.69 bits per heavy atom. The van der Waals surface area contributed by atoms with Gasteiger partial charge in [0.1, 0.15) is 0 Å². The van der Waals surface area contributed by atoms with E-state index in [9.17, 15) is 27.9 Å². The lowest BCUT2D eigenvalue weighted by molar-refractivity contribution is 0.0764. The smallest absolute Gasteiger partial charge is 0.328 e. The number of nitrogens with zero attached hydrogens (tertiary/aromatic N) is 4. The largest absolute Gasteiger partial charge is 0.389 e. The van der Waals surface area contributed by atoms with Crippen LogP contribution in [0.1, 0.15) is 16.4 Å². The van der Waals surface area contributed by atoms with Crippen molar-refractivity contribution in [2.75, 3.05) is 46.3 Å². The predicted molar refractivity (Wildman–Crippen MR) is 115 cm³/mol. The minimum Gasteiger partial charge on any atom is -0.389 e. The molecular weight excluding hydrogens is 438 g/mol. The third kappa shape index (κ3) is 4.26. The first-order chi connectivity index (χ1) is 15.2. The number of hydrogen-bond acceptors (Lipinski definition) is 7. The first-order valence-electron chi connectivity index (χ1n) is 10.2. The van der Waals surface area contributed by atoms with Crippen LogP contribution in [0.5, 0.6) is 0 Å². The summed E-state index contributed by atoms with van der Waals surface area (Å²) in [4.78, 5) is 41.9. The molecule has 1 aromatic carbocycles. The Morgan fingerprint density at radius 1 is 1.03 bits per heavy atom. The number of rotatable bonds is 4. The molecule has 0 bridgehead atoms. The summed E-state index contributed by atoms with van der Waals surface area (Å²) in [6, 6.07) is 6.22. The van der Waals surface area contributed by atoms with Gasteiger partial charge in [0.25, 0.3) is 11.5 Å². The van der Waals surface area contributed by atoms with Crippen molar-refractivity contribution in [3.63, 3.8) is 0 Å². The standard InChI is InChI=1S/C20H25N5O6S/c1-22-8-10-24(11-9-22)32(30,31)15-4-2-14(3-5-15)19(28)23-12-16(17(26)13-23)25-7-6-18(27)21-20(25)29/h2-7,16-17,26H,8-13H2,1H3,(H,21,27,29)/t16-,17-/m0/s1. The molecule has 3 heterocycles. The summed E-state index contributed by atoms with van der Waals surface area (Å²) in [5, 5.41) is 10.4. The van der Waals surface area contributed by atoms with Gasteiger partial charge in [-0.1, -0.05) is 0 Å². The third-order valence-electron chi connectivity index (χ3n) is 5.96. The zero-order valence-electron chi connectivity index (χ0n) is 17.5. The van der Waals surface area contributed by atoms with Gasteiger partial charge in [0.05, 0.1) is 17.0 Å². The van der Waals surface area contributed by atoms with E-state index in [4.69, 9.17) is 0 Å². The Morgan fingerprint density at radius 3 is 2.31 bits per heavy atom. The van der Waals surface area contributed by atoms with Crippen LogP contribution in [0.3, 0.4) is 0 Å². The Balaban J connectivity index is 1.48. The second-order valence-corrected chi connectivity index (χ2v) is 10.0. The van der Waals surface area contributed by atoms with E-state index in [2.05, 4.69) is 9.88 Å². The maximum absolute atomic E-state index is 12.9. The van der Waals surface area contributed by atoms with Crippen molar-refractivity contribution < 1.29 is 18.3 Å². The number of piperazine rings is 1. The first-order valence-corrected chi connectivity index (χ1v) is 11.7. The molecule has 1 aromatic heterocycles. The van der Waals surface area contributed by atoms with Crippen molar-refractivity contribution in [2.45, 2.75) is 17.0 Å². The molecule has 0 spiro atoms. The Kier molecular flexibility index (Phi) is 6.03. The van der Waals surface area contributed by atoms with Gasteiger partial charge in [-0.15, -0.1) is 0 Å². The van der Waals surface area contributed by atoms with Crippen molar-refractivity contribution in [1.29, 1.82) is 0 Å². The highest BCUT2D eigenvalue weighted by Gasteiger charge is 2.36. The summed E-state index contributed by atoms with van der Waals surface area (Å²) in [5.41, 5.74) is -0.920. The second kappa shape index (κ2) is 8.62. The average Bonchev–Trinajstić information content (AvgIpc) is 3.15. The number of H-pyrrole nitrogens is 1. The lowest BCUT2D eigenvalue weighted by atomic mass is 10.2. The van der Waals surface area contributed by atoms with Gasteiger partial charge in [-0.05, 0) is 31.3 Å². The van der Waals surface area contributed by atoms with Crippen molar-refractivity contribution in [3.8, 4) is 0 Å². The molecular formula is C20H25N5O6S. The number of likely N-dealkylation sites (tertiary alicyclic amines) is 1. The van der Waals surface area contributed by atoms with E-state index < -0.39 is 33.4 Å². The average molecular weight is 464 g/mol. The number of nitrogens with one attached hydrogen (secondary N) is 1. The lowest BCUT2D eigenvalue weighted by Crippen LogP contribution is -2.47. The van der Waals surface area contributed by atoms with Crippen LogP contribution >= 0.6 is 0 Å². The van der Waals surface area contributed by atoms with Crippen LogP contribution in [-0.4, -0.2) is 95.5 Å². The molecule has 2 aliphatic heterocycles. The molecule has 32 heavy (non-hydrogen) atoms. The maximum Gasteiger partial charge on any atom is 0.328 e. The van der Waals surface area contributed by atoms with E-state index in [0.29, 0.717) is 26.2 Å². The zero-order valence-corrected chi connectivity index (χ0v) is 18.4. The monoisotopic (exact) mass is 463 g/mol. The maximum atomic E-state index is 12.9. The van der Waals surface area contributed by atoms with Crippen molar-refractivity contribution in [2.24, 2.45) is 0 Å². The molecule has 11 nitrogen and oxygen atoms in total.